The van der Waals surface area contributed by atoms with Crippen LogP contribution < -0.4 is 0 Å². The molecule has 0 saturated carbocycles. The Labute approximate surface area is 121 Å². The van der Waals surface area contributed by atoms with Gasteiger partial charge in [-0.15, -0.1) is 11.3 Å². The summed E-state index contributed by atoms with van der Waals surface area (Å²) in [5.74, 6) is 0.116. The summed E-state index contributed by atoms with van der Waals surface area (Å²) in [4.78, 5) is 14.0. The second-order valence-electron chi connectivity index (χ2n) is 5.01. The van der Waals surface area contributed by atoms with Gasteiger partial charge >= 0.3 is 0 Å². The summed E-state index contributed by atoms with van der Waals surface area (Å²) in [5.41, 5.74) is 0. The molecule has 1 unspecified atom stereocenters. The van der Waals surface area contributed by atoms with Crippen LogP contribution in [0, 0.1) is 0 Å². The zero-order chi connectivity index (χ0) is 14.1. The maximum atomic E-state index is 11.9. The highest BCUT2D eigenvalue weighted by Crippen LogP contribution is 2.18. The minimum absolute atomic E-state index is 0.116. The third kappa shape index (κ3) is 6.35. The standard InChI is InChI=1S/C16H26O2S/c1-4-6-7-8-9-13(3)18-12-15(17)16-11-10-14(5-2)19-16/h10-11,13H,4-9,12H2,1-3H3. The Balaban J connectivity index is 2.22. The Morgan fingerprint density at radius 3 is 2.68 bits per heavy atom. The molecule has 0 aliphatic carbocycles. The lowest BCUT2D eigenvalue weighted by Gasteiger charge is -2.11. The number of carbonyl (C=O) groups excluding carboxylic acids is 1. The fourth-order valence-electron chi connectivity index (χ4n) is 1.95. The Bertz CT molecular complexity index is 371. The zero-order valence-corrected chi connectivity index (χ0v) is 13.2. The van der Waals surface area contributed by atoms with Crippen molar-refractivity contribution in [3.63, 3.8) is 0 Å². The molecule has 1 atom stereocenters. The van der Waals surface area contributed by atoms with Crippen LogP contribution in [0.3, 0.4) is 0 Å². The number of carbonyl (C=O) groups is 1. The summed E-state index contributed by atoms with van der Waals surface area (Å²) in [6, 6.07) is 3.95. The van der Waals surface area contributed by atoms with Crippen LogP contribution in [0.2, 0.25) is 0 Å². The van der Waals surface area contributed by atoms with Crippen molar-refractivity contribution < 1.29 is 9.53 Å². The molecule has 1 aromatic rings. The summed E-state index contributed by atoms with van der Waals surface area (Å²) in [6.07, 6.45) is 7.24. The van der Waals surface area contributed by atoms with Gasteiger partial charge in [-0.25, -0.2) is 0 Å². The minimum Gasteiger partial charge on any atom is -0.370 e. The quantitative estimate of drug-likeness (QED) is 0.452. The first-order valence-corrected chi connectivity index (χ1v) is 8.22. The molecular weight excluding hydrogens is 256 g/mol. The highest BCUT2D eigenvalue weighted by molar-refractivity contribution is 7.14. The van der Waals surface area contributed by atoms with Gasteiger partial charge in [-0.3, -0.25) is 4.79 Å². The molecule has 0 saturated heterocycles. The van der Waals surface area contributed by atoms with Gasteiger partial charge in [0.1, 0.15) is 6.61 Å². The van der Waals surface area contributed by atoms with Crippen LogP contribution in [-0.2, 0) is 11.2 Å². The van der Waals surface area contributed by atoms with Crippen LogP contribution in [0.1, 0.15) is 67.4 Å². The number of aryl methyl sites for hydroxylation is 1. The molecule has 2 nitrogen and oxygen atoms in total. The van der Waals surface area contributed by atoms with Crippen LogP contribution in [0.25, 0.3) is 0 Å². The van der Waals surface area contributed by atoms with E-state index in [1.807, 2.05) is 12.1 Å². The summed E-state index contributed by atoms with van der Waals surface area (Å²) in [6.45, 7) is 6.60. The van der Waals surface area contributed by atoms with Gasteiger partial charge in [0.15, 0.2) is 5.78 Å². The van der Waals surface area contributed by atoms with Gasteiger partial charge in [0.05, 0.1) is 11.0 Å². The van der Waals surface area contributed by atoms with E-state index in [-0.39, 0.29) is 18.5 Å². The lowest BCUT2D eigenvalue weighted by Crippen LogP contribution is -2.15. The van der Waals surface area contributed by atoms with Crippen molar-refractivity contribution in [2.75, 3.05) is 6.61 Å². The van der Waals surface area contributed by atoms with E-state index in [4.69, 9.17) is 4.74 Å². The van der Waals surface area contributed by atoms with Crippen LogP contribution in [0.5, 0.6) is 0 Å². The van der Waals surface area contributed by atoms with E-state index in [0.717, 1.165) is 17.7 Å². The Hall–Kier alpha value is -0.670. The van der Waals surface area contributed by atoms with Gasteiger partial charge in [-0.2, -0.15) is 0 Å². The second kappa shape index (κ2) is 9.27. The van der Waals surface area contributed by atoms with Crippen LogP contribution >= 0.6 is 11.3 Å². The molecule has 0 aliphatic heterocycles. The number of ketones is 1. The Kier molecular flexibility index (Phi) is 7.99. The van der Waals surface area contributed by atoms with Crippen LogP contribution in [0.4, 0.5) is 0 Å². The number of Topliss-reactive ketones (excluding diaryl/α,β-unsaturated/α-hetero) is 1. The maximum Gasteiger partial charge on any atom is 0.198 e. The smallest absolute Gasteiger partial charge is 0.198 e. The normalized spacial score (nSPS) is 12.6. The van der Waals surface area contributed by atoms with E-state index in [1.165, 1.54) is 30.6 Å². The van der Waals surface area contributed by atoms with Crippen molar-refractivity contribution in [1.82, 2.24) is 0 Å². The second-order valence-corrected chi connectivity index (χ2v) is 6.18. The van der Waals surface area contributed by atoms with E-state index >= 15 is 0 Å². The maximum absolute atomic E-state index is 11.9. The molecule has 0 amide bonds. The molecular formula is C16H26O2S. The molecule has 19 heavy (non-hydrogen) atoms. The molecule has 108 valence electrons. The molecule has 0 spiro atoms. The topological polar surface area (TPSA) is 26.3 Å². The van der Waals surface area contributed by atoms with Crippen molar-refractivity contribution in [1.29, 1.82) is 0 Å². The van der Waals surface area contributed by atoms with Gasteiger partial charge in [0.2, 0.25) is 0 Å². The van der Waals surface area contributed by atoms with Crippen molar-refractivity contribution in [2.24, 2.45) is 0 Å². The number of hydrogen-bond donors (Lipinski definition) is 0. The van der Waals surface area contributed by atoms with E-state index in [9.17, 15) is 4.79 Å². The van der Waals surface area contributed by atoms with Gasteiger partial charge in [-0.05, 0) is 31.9 Å². The SMILES string of the molecule is CCCCCCC(C)OCC(=O)c1ccc(CC)s1. The molecule has 0 radical (unpaired) electrons. The molecule has 1 rings (SSSR count). The van der Waals surface area contributed by atoms with Crippen molar-refractivity contribution in [3.8, 4) is 0 Å². The Morgan fingerprint density at radius 2 is 2.05 bits per heavy atom. The van der Waals surface area contributed by atoms with Gasteiger partial charge < -0.3 is 4.74 Å². The molecule has 3 heteroatoms. The van der Waals surface area contributed by atoms with E-state index in [2.05, 4.69) is 20.8 Å². The monoisotopic (exact) mass is 282 g/mol. The summed E-state index contributed by atoms with van der Waals surface area (Å²) < 4.78 is 5.64. The number of rotatable bonds is 10. The molecule has 0 N–H and O–H groups in total. The average molecular weight is 282 g/mol. The molecule has 1 heterocycles. The van der Waals surface area contributed by atoms with E-state index in [1.54, 1.807) is 11.3 Å². The van der Waals surface area contributed by atoms with E-state index < -0.39 is 0 Å². The molecule has 0 aliphatic rings. The van der Waals surface area contributed by atoms with Crippen molar-refractivity contribution in [2.45, 2.75) is 65.4 Å². The van der Waals surface area contributed by atoms with Crippen LogP contribution in [0.15, 0.2) is 12.1 Å². The number of ether oxygens (including phenoxy) is 1. The van der Waals surface area contributed by atoms with Gasteiger partial charge in [-0.1, -0.05) is 39.5 Å². The van der Waals surface area contributed by atoms with E-state index in [0.29, 0.717) is 0 Å². The molecule has 0 fully saturated rings. The summed E-state index contributed by atoms with van der Waals surface area (Å²) >= 11 is 1.59. The lowest BCUT2D eigenvalue weighted by atomic mass is 10.1. The predicted octanol–water partition coefficient (Wildman–Crippen LogP) is 4.87. The molecule has 0 bridgehead atoms. The Morgan fingerprint density at radius 1 is 1.26 bits per heavy atom. The minimum atomic E-state index is 0.116. The zero-order valence-electron chi connectivity index (χ0n) is 12.4. The van der Waals surface area contributed by atoms with Gasteiger partial charge in [0, 0.05) is 4.88 Å². The third-order valence-electron chi connectivity index (χ3n) is 3.25. The fraction of sp³-hybridized carbons (Fsp3) is 0.688. The highest BCUT2D eigenvalue weighted by Gasteiger charge is 2.11. The van der Waals surface area contributed by atoms with Crippen LogP contribution in [-0.4, -0.2) is 18.5 Å². The number of thiophene rings is 1. The molecule has 1 aromatic heterocycles. The lowest BCUT2D eigenvalue weighted by molar-refractivity contribution is 0.0486. The number of unbranched alkanes of at least 4 members (excludes halogenated alkanes) is 3. The highest BCUT2D eigenvalue weighted by atomic mass is 32.1. The largest absolute Gasteiger partial charge is 0.370 e. The first kappa shape index (κ1) is 16.4. The van der Waals surface area contributed by atoms with Crippen molar-refractivity contribution >= 4 is 17.1 Å². The summed E-state index contributed by atoms with van der Waals surface area (Å²) in [5, 5.41) is 0. The third-order valence-corrected chi connectivity index (χ3v) is 4.52. The predicted molar refractivity (Wildman–Crippen MR) is 82.2 cm³/mol. The number of hydrogen-bond acceptors (Lipinski definition) is 3. The first-order valence-electron chi connectivity index (χ1n) is 7.40. The summed E-state index contributed by atoms with van der Waals surface area (Å²) in [7, 11) is 0. The first-order chi connectivity index (χ1) is 9.17. The average Bonchev–Trinajstić information content (AvgIpc) is 2.90. The fourth-order valence-corrected chi connectivity index (χ4v) is 2.82. The van der Waals surface area contributed by atoms with Gasteiger partial charge in [0.25, 0.3) is 0 Å². The van der Waals surface area contributed by atoms with Crippen molar-refractivity contribution in [3.05, 3.63) is 21.9 Å². The molecule has 0 aromatic carbocycles.